The number of aliphatic hydroxyl groups excluding tert-OH is 1. The quantitative estimate of drug-likeness (QED) is 0.377. The molecule has 0 aromatic carbocycles. The summed E-state index contributed by atoms with van der Waals surface area (Å²) in [6, 6.07) is 0. The van der Waals surface area contributed by atoms with E-state index in [1.54, 1.807) is 0 Å². The van der Waals surface area contributed by atoms with E-state index in [1.165, 1.54) is 0 Å². The molecule has 0 saturated heterocycles. The summed E-state index contributed by atoms with van der Waals surface area (Å²) in [7, 11) is 0. The monoisotopic (exact) mass is 167 g/mol. The Labute approximate surface area is 103 Å². The maximum Gasteiger partial charge on any atom is 1.00 e. The molecule has 0 aliphatic heterocycles. The van der Waals surface area contributed by atoms with Crippen molar-refractivity contribution in [3.63, 3.8) is 0 Å². The Bertz CT molecular complexity index is 56.5. The van der Waals surface area contributed by atoms with Gasteiger partial charge in [0, 0.05) is 6.54 Å². The predicted molar refractivity (Wildman–Crippen MR) is 21.5 cm³/mol. The van der Waals surface area contributed by atoms with Crippen molar-refractivity contribution in [2.24, 2.45) is 5.73 Å². The Morgan fingerprint density at radius 1 is 1.40 bits per heavy atom. The van der Waals surface area contributed by atoms with E-state index in [-0.39, 0.29) is 65.7 Å². The fraction of sp³-hybridized carbons (Fsp3) is 0.667. The van der Waals surface area contributed by atoms with Crippen LogP contribution in [0.4, 0.5) is 4.79 Å². The molecular formula is C3H7NNa2O4. The summed E-state index contributed by atoms with van der Waals surface area (Å²) in [5.74, 6) is 0. The first-order valence-electron chi connectivity index (χ1n) is 1.84. The fourth-order valence-electron chi connectivity index (χ4n) is 0. The largest absolute Gasteiger partial charge is 1.00 e. The third-order valence-corrected chi connectivity index (χ3v) is 0.129. The van der Waals surface area contributed by atoms with Gasteiger partial charge in [0.1, 0.15) is 0 Å². The van der Waals surface area contributed by atoms with Crippen LogP contribution in [0.3, 0.4) is 0 Å². The summed E-state index contributed by atoms with van der Waals surface area (Å²) in [6.07, 6.45) is -2.33. The molecule has 0 spiro atoms. The topological polar surface area (TPSA) is 109 Å². The van der Waals surface area contributed by atoms with Crippen LogP contribution >= 0.6 is 0 Å². The van der Waals surface area contributed by atoms with Gasteiger partial charge in [0.25, 0.3) is 0 Å². The van der Waals surface area contributed by atoms with E-state index < -0.39 is 6.16 Å². The Hall–Kier alpha value is 1.19. The van der Waals surface area contributed by atoms with Crippen molar-refractivity contribution >= 4 is 6.16 Å². The zero-order valence-electron chi connectivity index (χ0n) is 6.16. The number of carboxylic acid groups (broad SMARTS) is 2. The minimum Gasteiger partial charge on any atom is -0.652 e. The molecule has 5 nitrogen and oxygen atoms in total. The van der Waals surface area contributed by atoms with Crippen molar-refractivity contribution in [3.05, 3.63) is 0 Å². The van der Waals surface area contributed by atoms with Crippen LogP contribution in [0.2, 0.25) is 0 Å². The molecule has 3 N–H and O–H groups in total. The number of hydrogen-bond acceptors (Lipinski definition) is 5. The van der Waals surface area contributed by atoms with Crippen molar-refractivity contribution < 1.29 is 79.2 Å². The SMILES string of the molecule is NCCO.O=C([O-])[O-].[Na+].[Na+]. The summed E-state index contributed by atoms with van der Waals surface area (Å²) < 4.78 is 0. The molecule has 0 bridgehead atoms. The van der Waals surface area contributed by atoms with Gasteiger partial charge in [0.2, 0.25) is 0 Å². The molecule has 0 unspecified atom stereocenters. The number of carbonyl (C=O) groups is 1. The van der Waals surface area contributed by atoms with Crippen LogP contribution in [-0.4, -0.2) is 24.4 Å². The van der Waals surface area contributed by atoms with Gasteiger partial charge in [-0.15, -0.1) is 0 Å². The number of aliphatic hydroxyl groups is 1. The normalized spacial score (nSPS) is 5.40. The van der Waals surface area contributed by atoms with Crippen molar-refractivity contribution in [1.82, 2.24) is 0 Å². The minimum absolute atomic E-state index is 0. The molecule has 50 valence electrons. The van der Waals surface area contributed by atoms with Crippen LogP contribution in [0, 0.1) is 0 Å². The summed E-state index contributed by atoms with van der Waals surface area (Å²) in [6.45, 7) is 0.472. The first-order chi connectivity index (χ1) is 3.65. The maximum absolute atomic E-state index is 8.33. The van der Waals surface area contributed by atoms with Gasteiger partial charge in [0.05, 0.1) is 6.61 Å². The van der Waals surface area contributed by atoms with Gasteiger partial charge in [-0.1, -0.05) is 0 Å². The first kappa shape index (κ1) is 22.5. The van der Waals surface area contributed by atoms with Crippen molar-refractivity contribution in [2.75, 3.05) is 13.2 Å². The van der Waals surface area contributed by atoms with Crippen molar-refractivity contribution in [3.8, 4) is 0 Å². The molecule has 0 aromatic rings. The zero-order chi connectivity index (χ0) is 6.99. The van der Waals surface area contributed by atoms with E-state index in [2.05, 4.69) is 0 Å². The average molecular weight is 167 g/mol. The van der Waals surface area contributed by atoms with E-state index in [4.69, 9.17) is 25.8 Å². The van der Waals surface area contributed by atoms with Crippen molar-refractivity contribution in [1.29, 1.82) is 0 Å². The zero-order valence-corrected chi connectivity index (χ0v) is 10.2. The van der Waals surface area contributed by atoms with E-state index in [9.17, 15) is 0 Å². The van der Waals surface area contributed by atoms with Gasteiger partial charge in [-0.05, 0) is 6.16 Å². The summed E-state index contributed by atoms with van der Waals surface area (Å²) in [5, 5.41) is 24.4. The van der Waals surface area contributed by atoms with Gasteiger partial charge >= 0.3 is 59.1 Å². The molecule has 0 atom stereocenters. The molecule has 10 heavy (non-hydrogen) atoms. The molecule has 0 saturated carbocycles. The van der Waals surface area contributed by atoms with Gasteiger partial charge in [-0.3, -0.25) is 0 Å². The van der Waals surface area contributed by atoms with Gasteiger partial charge in [-0.25, -0.2) is 0 Å². The Balaban J connectivity index is -0.0000000300. The summed E-state index contributed by atoms with van der Waals surface area (Å²) in [5.41, 5.74) is 4.78. The van der Waals surface area contributed by atoms with Crippen LogP contribution in [0.15, 0.2) is 0 Å². The van der Waals surface area contributed by atoms with Crippen LogP contribution in [-0.2, 0) is 0 Å². The third kappa shape index (κ3) is 129. The van der Waals surface area contributed by atoms with E-state index in [1.807, 2.05) is 0 Å². The van der Waals surface area contributed by atoms with E-state index in [0.717, 1.165) is 0 Å². The molecule has 0 aromatic heterocycles. The Kier molecular flexibility index (Phi) is 50.5. The Morgan fingerprint density at radius 2 is 1.50 bits per heavy atom. The smallest absolute Gasteiger partial charge is 0.652 e. The maximum atomic E-state index is 8.33. The van der Waals surface area contributed by atoms with Crippen LogP contribution < -0.4 is 75.1 Å². The second-order valence-electron chi connectivity index (χ2n) is 0.762. The van der Waals surface area contributed by atoms with Crippen molar-refractivity contribution in [2.45, 2.75) is 0 Å². The second-order valence-corrected chi connectivity index (χ2v) is 0.762. The number of rotatable bonds is 1. The second kappa shape index (κ2) is 22.5. The molecule has 0 aliphatic rings. The number of carbonyl (C=O) groups excluding carboxylic acids is 1. The first-order valence-corrected chi connectivity index (χ1v) is 1.84. The molecule has 0 amide bonds. The van der Waals surface area contributed by atoms with Crippen LogP contribution in [0.1, 0.15) is 0 Å². The molecule has 0 aliphatic carbocycles. The van der Waals surface area contributed by atoms with Gasteiger partial charge in [0.15, 0.2) is 0 Å². The Morgan fingerprint density at radius 3 is 1.50 bits per heavy atom. The molecule has 0 radical (unpaired) electrons. The fourth-order valence-corrected chi connectivity index (χ4v) is 0. The molecule has 0 heterocycles. The standard InChI is InChI=1S/C2H7NO.CH2O3.2Na/c3-1-2-4;2-1(3)4;;/h4H,1-3H2;(H2,2,3,4);;/q;;2*+1/p-2. The minimum atomic E-state index is -2.33. The van der Waals surface area contributed by atoms with E-state index >= 15 is 0 Å². The van der Waals surface area contributed by atoms with E-state index in [0.29, 0.717) is 6.54 Å². The van der Waals surface area contributed by atoms with Gasteiger partial charge in [-0.2, -0.15) is 0 Å². The number of hydrogen-bond donors (Lipinski definition) is 2. The molecular weight excluding hydrogens is 160 g/mol. The predicted octanol–water partition coefficient (Wildman–Crippen LogP) is -9.50. The molecule has 0 rings (SSSR count). The van der Waals surface area contributed by atoms with Gasteiger partial charge < -0.3 is 25.8 Å². The molecule has 0 fully saturated rings. The van der Waals surface area contributed by atoms with Crippen LogP contribution in [0.25, 0.3) is 0 Å². The number of nitrogens with two attached hydrogens (primary N) is 1. The molecule has 7 heteroatoms. The van der Waals surface area contributed by atoms with Crippen LogP contribution in [0.5, 0.6) is 0 Å². The summed E-state index contributed by atoms with van der Waals surface area (Å²) >= 11 is 0. The average Bonchev–Trinajstić information content (AvgIpc) is 1.65. The summed E-state index contributed by atoms with van der Waals surface area (Å²) in [4.78, 5) is 8.33. The third-order valence-electron chi connectivity index (χ3n) is 0.129.